The van der Waals surface area contributed by atoms with Crippen molar-refractivity contribution in [3.05, 3.63) is 72.3 Å². The van der Waals surface area contributed by atoms with Crippen molar-refractivity contribution in [1.82, 2.24) is 4.90 Å². The topological polar surface area (TPSA) is 24.5 Å². The quantitative estimate of drug-likeness (QED) is 0.628. The molecular weight excluding hydrogens is 304 g/mol. The molecule has 1 N–H and O–H groups in total. The Bertz CT molecular complexity index is 667. The minimum absolute atomic E-state index is 0.518. The molecule has 0 radical (unpaired) electrons. The Kier molecular flexibility index (Phi) is 6.18. The Balaban J connectivity index is 1.93. The first kappa shape index (κ1) is 17.0. The Hall–Kier alpha value is -2.33. The molecule has 2 rings (SSSR count). The molecule has 0 aromatic heterocycles. The van der Waals surface area contributed by atoms with Crippen LogP contribution in [0.3, 0.4) is 0 Å². The molecule has 0 spiro atoms. The van der Waals surface area contributed by atoms with Crippen molar-refractivity contribution in [2.45, 2.75) is 13.5 Å². The first-order valence-electron chi connectivity index (χ1n) is 7.50. The molecule has 0 saturated carbocycles. The fourth-order valence-corrected chi connectivity index (χ4v) is 2.29. The lowest BCUT2D eigenvalue weighted by Gasteiger charge is -2.22. The number of hydrogen-bond donors (Lipinski definition) is 1. The number of nitrogens with one attached hydrogen (secondary N) is 1. The van der Waals surface area contributed by atoms with Crippen LogP contribution in [0.4, 0.5) is 5.69 Å². The van der Waals surface area contributed by atoms with E-state index in [0.717, 1.165) is 18.0 Å². The molecule has 0 atom stereocenters. The summed E-state index contributed by atoms with van der Waals surface area (Å²) in [7, 11) is 1.98. The van der Waals surface area contributed by atoms with E-state index in [4.69, 9.17) is 17.0 Å². The summed E-state index contributed by atoms with van der Waals surface area (Å²) < 4.78 is 5.48. The molecular formula is C19H22N2OS. The number of hydrogen-bond acceptors (Lipinski definition) is 2. The predicted octanol–water partition coefficient (Wildman–Crippen LogP) is 4.39. The zero-order valence-corrected chi connectivity index (χ0v) is 14.4. The third-order valence-corrected chi connectivity index (χ3v) is 3.86. The number of thiocarbonyl (C=S) groups is 1. The van der Waals surface area contributed by atoms with E-state index in [1.807, 2.05) is 54.4 Å². The van der Waals surface area contributed by atoms with Gasteiger partial charge in [-0.2, -0.15) is 0 Å². The summed E-state index contributed by atoms with van der Waals surface area (Å²) in [6.07, 6.45) is 1.73. The van der Waals surface area contributed by atoms with Crippen molar-refractivity contribution >= 4 is 23.0 Å². The van der Waals surface area contributed by atoms with Crippen LogP contribution in [-0.2, 0) is 6.54 Å². The second-order valence-corrected chi connectivity index (χ2v) is 5.73. The van der Waals surface area contributed by atoms with Gasteiger partial charge in [0.2, 0.25) is 0 Å². The highest BCUT2D eigenvalue weighted by Gasteiger charge is 2.07. The van der Waals surface area contributed by atoms with Crippen LogP contribution in [0.15, 0.2) is 61.2 Å². The van der Waals surface area contributed by atoms with Gasteiger partial charge in [0.15, 0.2) is 5.11 Å². The number of para-hydroxylation sites is 1. The zero-order chi connectivity index (χ0) is 16.7. The molecule has 2 aromatic rings. The van der Waals surface area contributed by atoms with Crippen LogP contribution < -0.4 is 10.1 Å². The Labute approximate surface area is 143 Å². The van der Waals surface area contributed by atoms with Gasteiger partial charge in [0.1, 0.15) is 12.4 Å². The van der Waals surface area contributed by atoms with Gasteiger partial charge in [-0.05, 0) is 48.5 Å². The van der Waals surface area contributed by atoms with Gasteiger partial charge in [0.05, 0.1) is 0 Å². The molecule has 0 unspecified atom stereocenters. The summed E-state index contributed by atoms with van der Waals surface area (Å²) in [6.45, 7) is 6.96. The minimum atomic E-state index is 0.518. The van der Waals surface area contributed by atoms with Crippen molar-refractivity contribution in [3.63, 3.8) is 0 Å². The number of ether oxygens (including phenoxy) is 1. The normalized spacial score (nSPS) is 10.0. The van der Waals surface area contributed by atoms with Crippen LogP contribution >= 0.6 is 12.2 Å². The second-order valence-electron chi connectivity index (χ2n) is 5.34. The van der Waals surface area contributed by atoms with Crippen molar-refractivity contribution in [2.24, 2.45) is 0 Å². The molecule has 0 bridgehead atoms. The van der Waals surface area contributed by atoms with Crippen LogP contribution in [0.2, 0.25) is 0 Å². The third-order valence-electron chi connectivity index (χ3n) is 3.44. The average Bonchev–Trinajstić information content (AvgIpc) is 2.56. The molecule has 120 valence electrons. The lowest BCUT2D eigenvalue weighted by atomic mass is 10.2. The number of aryl methyl sites for hydroxylation is 1. The molecule has 2 aromatic carbocycles. The van der Waals surface area contributed by atoms with Crippen LogP contribution in [0.1, 0.15) is 11.1 Å². The number of anilines is 1. The van der Waals surface area contributed by atoms with Crippen molar-refractivity contribution in [3.8, 4) is 5.75 Å². The zero-order valence-electron chi connectivity index (χ0n) is 13.6. The lowest BCUT2D eigenvalue weighted by Crippen LogP contribution is -2.30. The first-order valence-corrected chi connectivity index (χ1v) is 7.91. The van der Waals surface area contributed by atoms with Gasteiger partial charge in [0, 0.05) is 19.3 Å². The van der Waals surface area contributed by atoms with E-state index in [1.54, 1.807) is 6.08 Å². The maximum Gasteiger partial charge on any atom is 0.173 e. The molecule has 0 saturated heterocycles. The summed E-state index contributed by atoms with van der Waals surface area (Å²) in [5, 5.41) is 3.99. The Morgan fingerprint density at radius 3 is 2.57 bits per heavy atom. The monoisotopic (exact) mass is 326 g/mol. The number of benzene rings is 2. The van der Waals surface area contributed by atoms with Crippen molar-refractivity contribution < 1.29 is 4.74 Å². The van der Waals surface area contributed by atoms with Gasteiger partial charge in [0.25, 0.3) is 0 Å². The van der Waals surface area contributed by atoms with Crippen LogP contribution in [0, 0.1) is 6.92 Å². The summed E-state index contributed by atoms with van der Waals surface area (Å²) in [5.41, 5.74) is 3.39. The molecule has 3 nitrogen and oxygen atoms in total. The molecule has 0 amide bonds. The highest BCUT2D eigenvalue weighted by Crippen LogP contribution is 2.16. The summed E-state index contributed by atoms with van der Waals surface area (Å²) in [4.78, 5) is 2.02. The van der Waals surface area contributed by atoms with Gasteiger partial charge in [-0.1, -0.05) is 43.0 Å². The summed E-state index contributed by atoms with van der Waals surface area (Å²) in [5.74, 6) is 0.844. The SMILES string of the molecule is C=CCOc1ccc(CN(C)C(=S)Nc2ccccc2C)cc1. The summed E-state index contributed by atoms with van der Waals surface area (Å²) >= 11 is 5.48. The van der Waals surface area contributed by atoms with Gasteiger partial charge >= 0.3 is 0 Å². The van der Waals surface area contributed by atoms with Crippen LogP contribution in [0.25, 0.3) is 0 Å². The lowest BCUT2D eigenvalue weighted by molar-refractivity contribution is 0.363. The fourth-order valence-electron chi connectivity index (χ4n) is 2.12. The highest BCUT2D eigenvalue weighted by atomic mass is 32.1. The predicted molar refractivity (Wildman–Crippen MR) is 101 cm³/mol. The van der Waals surface area contributed by atoms with E-state index in [2.05, 4.69) is 24.9 Å². The van der Waals surface area contributed by atoms with Gasteiger partial charge in [-0.25, -0.2) is 0 Å². The van der Waals surface area contributed by atoms with Crippen LogP contribution in [0.5, 0.6) is 5.75 Å². The largest absolute Gasteiger partial charge is 0.490 e. The van der Waals surface area contributed by atoms with Crippen LogP contribution in [-0.4, -0.2) is 23.7 Å². The fraction of sp³-hybridized carbons (Fsp3) is 0.211. The van der Waals surface area contributed by atoms with Gasteiger partial charge in [-0.15, -0.1) is 0 Å². The third kappa shape index (κ3) is 5.11. The minimum Gasteiger partial charge on any atom is -0.490 e. The maximum atomic E-state index is 5.48. The standard InChI is InChI=1S/C19H22N2OS/c1-4-13-22-17-11-9-16(10-12-17)14-21(3)19(23)20-18-8-6-5-7-15(18)2/h4-12H,1,13-14H2,2-3H3,(H,20,23). The van der Waals surface area contributed by atoms with E-state index < -0.39 is 0 Å². The first-order chi connectivity index (χ1) is 11.1. The summed E-state index contributed by atoms with van der Waals surface area (Å²) in [6, 6.07) is 16.1. The van der Waals surface area contributed by atoms with E-state index in [1.165, 1.54) is 11.1 Å². The van der Waals surface area contributed by atoms with E-state index in [-0.39, 0.29) is 0 Å². The highest BCUT2D eigenvalue weighted by molar-refractivity contribution is 7.80. The van der Waals surface area contributed by atoms with E-state index in [0.29, 0.717) is 11.7 Å². The average molecular weight is 326 g/mol. The maximum absolute atomic E-state index is 5.48. The molecule has 0 aliphatic heterocycles. The van der Waals surface area contributed by atoms with E-state index >= 15 is 0 Å². The molecule has 0 aliphatic rings. The van der Waals surface area contributed by atoms with Crippen molar-refractivity contribution in [1.29, 1.82) is 0 Å². The smallest absolute Gasteiger partial charge is 0.173 e. The molecule has 0 heterocycles. The Morgan fingerprint density at radius 2 is 1.91 bits per heavy atom. The Morgan fingerprint density at radius 1 is 1.22 bits per heavy atom. The molecule has 23 heavy (non-hydrogen) atoms. The van der Waals surface area contributed by atoms with E-state index in [9.17, 15) is 0 Å². The number of rotatable bonds is 6. The molecule has 4 heteroatoms. The van der Waals surface area contributed by atoms with Gasteiger partial charge in [-0.3, -0.25) is 0 Å². The number of nitrogens with zero attached hydrogens (tertiary/aromatic N) is 1. The molecule has 0 aliphatic carbocycles. The second kappa shape index (κ2) is 8.34. The van der Waals surface area contributed by atoms with Gasteiger partial charge < -0.3 is 15.0 Å². The van der Waals surface area contributed by atoms with Crippen molar-refractivity contribution in [2.75, 3.05) is 19.0 Å². The molecule has 0 fully saturated rings.